The van der Waals surface area contributed by atoms with Gasteiger partial charge in [0, 0.05) is 12.0 Å². The van der Waals surface area contributed by atoms with E-state index in [2.05, 4.69) is 6.08 Å². The highest BCUT2D eigenvalue weighted by molar-refractivity contribution is 6.06. The predicted octanol–water partition coefficient (Wildman–Crippen LogP) is 5.36. The summed E-state index contributed by atoms with van der Waals surface area (Å²) in [5.41, 5.74) is 3.69. The number of rotatable bonds is 7. The van der Waals surface area contributed by atoms with Gasteiger partial charge in [0.05, 0.1) is 0 Å². The first kappa shape index (κ1) is 17.8. The van der Waals surface area contributed by atoms with E-state index in [1.807, 2.05) is 72.8 Å². The zero-order valence-corrected chi connectivity index (χ0v) is 14.7. The summed E-state index contributed by atoms with van der Waals surface area (Å²) in [5, 5.41) is 0. The van der Waals surface area contributed by atoms with Crippen LogP contribution in [-0.2, 0) is 11.2 Å². The third-order valence-corrected chi connectivity index (χ3v) is 4.45. The monoisotopic (exact) mass is 342 g/mol. The van der Waals surface area contributed by atoms with Gasteiger partial charge in [-0.2, -0.15) is 0 Å². The largest absolute Gasteiger partial charge is 0.294 e. The van der Waals surface area contributed by atoms with Gasteiger partial charge < -0.3 is 0 Å². The molecule has 1 aliphatic rings. The highest BCUT2D eigenvalue weighted by Crippen LogP contribution is 2.15. The van der Waals surface area contributed by atoms with Gasteiger partial charge in [0.2, 0.25) is 0 Å². The first-order valence-corrected chi connectivity index (χ1v) is 8.98. The van der Waals surface area contributed by atoms with Crippen LogP contribution in [0.15, 0.2) is 84.5 Å². The smallest absolute Gasteiger partial charge is 0.181 e. The Morgan fingerprint density at radius 2 is 1.85 bits per heavy atom. The Hall–Kier alpha value is -3.00. The average Bonchev–Trinajstić information content (AvgIpc) is 2.72. The van der Waals surface area contributed by atoms with Crippen molar-refractivity contribution < 1.29 is 9.59 Å². The lowest BCUT2D eigenvalue weighted by atomic mass is 9.99. The summed E-state index contributed by atoms with van der Waals surface area (Å²) >= 11 is 0. The molecular weight excluding hydrogens is 320 g/mol. The maximum absolute atomic E-state index is 12.2. The standard InChI is InChI=1S/C24H22O2/c25-23(21-10-3-1-4-11-21)16-14-19-8-7-9-20(18-19)15-17-24(26)22-12-5-2-6-13-22/h1-5,7-12,15,17-18H,6,13-14,16H2/b17-15+. The van der Waals surface area contributed by atoms with Crippen LogP contribution in [0.5, 0.6) is 0 Å². The molecule has 0 atom stereocenters. The number of ketones is 2. The van der Waals surface area contributed by atoms with Crippen molar-refractivity contribution in [1.82, 2.24) is 0 Å². The van der Waals surface area contributed by atoms with Crippen LogP contribution < -0.4 is 0 Å². The maximum Gasteiger partial charge on any atom is 0.181 e. The van der Waals surface area contributed by atoms with Crippen LogP contribution in [0.3, 0.4) is 0 Å². The van der Waals surface area contributed by atoms with Gasteiger partial charge in [-0.1, -0.05) is 78.9 Å². The van der Waals surface area contributed by atoms with Gasteiger partial charge in [-0.15, -0.1) is 0 Å². The number of allylic oxidation sites excluding steroid dienone is 5. The lowest BCUT2D eigenvalue weighted by Gasteiger charge is -2.05. The highest BCUT2D eigenvalue weighted by atomic mass is 16.1. The molecule has 26 heavy (non-hydrogen) atoms. The Bertz CT molecular complexity index is 870. The molecule has 0 radical (unpaired) electrons. The third kappa shape index (κ3) is 5.00. The summed E-state index contributed by atoms with van der Waals surface area (Å²) in [7, 11) is 0. The summed E-state index contributed by atoms with van der Waals surface area (Å²) in [5.74, 6) is 0.220. The van der Waals surface area contributed by atoms with Crippen LogP contribution >= 0.6 is 0 Å². The molecule has 0 aliphatic heterocycles. The van der Waals surface area contributed by atoms with E-state index in [1.54, 1.807) is 6.08 Å². The third-order valence-electron chi connectivity index (χ3n) is 4.45. The maximum atomic E-state index is 12.2. The van der Waals surface area contributed by atoms with Gasteiger partial charge in [-0.3, -0.25) is 9.59 Å². The molecule has 0 spiro atoms. The molecule has 0 saturated heterocycles. The number of aryl methyl sites for hydroxylation is 1. The SMILES string of the molecule is O=C(/C=C/c1cccc(CCC(=O)c2ccccc2)c1)C1=CC=CCC1. The summed E-state index contributed by atoms with van der Waals surface area (Å²) in [4.78, 5) is 24.4. The first-order valence-electron chi connectivity index (χ1n) is 8.98. The molecule has 0 N–H and O–H groups in total. The predicted molar refractivity (Wildman–Crippen MR) is 106 cm³/mol. The molecule has 2 aromatic rings. The second kappa shape index (κ2) is 8.91. The van der Waals surface area contributed by atoms with Crippen molar-refractivity contribution in [2.24, 2.45) is 0 Å². The number of carbonyl (C=O) groups excluding carboxylic acids is 2. The molecule has 2 aromatic carbocycles. The Labute approximate surface area is 154 Å². The van der Waals surface area contributed by atoms with E-state index in [4.69, 9.17) is 0 Å². The molecule has 0 heterocycles. The van der Waals surface area contributed by atoms with E-state index in [0.29, 0.717) is 12.8 Å². The van der Waals surface area contributed by atoms with Gasteiger partial charge in [0.25, 0.3) is 0 Å². The number of Topliss-reactive ketones (excluding diaryl/α,β-unsaturated/α-hetero) is 1. The Morgan fingerprint density at radius 1 is 1.00 bits per heavy atom. The van der Waals surface area contributed by atoms with Crippen molar-refractivity contribution in [3.05, 3.63) is 101 Å². The summed E-state index contributed by atoms with van der Waals surface area (Å²) in [6.45, 7) is 0. The molecule has 1 aliphatic carbocycles. The van der Waals surface area contributed by atoms with Gasteiger partial charge in [0.1, 0.15) is 0 Å². The Kier molecular flexibility index (Phi) is 6.10. The highest BCUT2D eigenvalue weighted by Gasteiger charge is 2.07. The minimum Gasteiger partial charge on any atom is -0.294 e. The van der Waals surface area contributed by atoms with Crippen molar-refractivity contribution in [1.29, 1.82) is 0 Å². The van der Waals surface area contributed by atoms with Gasteiger partial charge in [0.15, 0.2) is 11.6 Å². The fourth-order valence-electron chi connectivity index (χ4n) is 2.97. The van der Waals surface area contributed by atoms with Crippen LogP contribution in [-0.4, -0.2) is 11.6 Å². The molecular formula is C24H22O2. The van der Waals surface area contributed by atoms with Crippen molar-refractivity contribution in [3.63, 3.8) is 0 Å². The fourth-order valence-corrected chi connectivity index (χ4v) is 2.97. The molecule has 0 amide bonds. The topological polar surface area (TPSA) is 34.1 Å². The second-order valence-electron chi connectivity index (χ2n) is 6.39. The van der Waals surface area contributed by atoms with Crippen molar-refractivity contribution in [2.45, 2.75) is 25.7 Å². The molecule has 130 valence electrons. The number of hydrogen-bond donors (Lipinski definition) is 0. The Balaban J connectivity index is 1.60. The lowest BCUT2D eigenvalue weighted by Crippen LogP contribution is -2.01. The lowest BCUT2D eigenvalue weighted by molar-refractivity contribution is -0.111. The van der Waals surface area contributed by atoms with Crippen LogP contribution in [0.1, 0.15) is 40.7 Å². The van der Waals surface area contributed by atoms with Crippen LogP contribution in [0, 0.1) is 0 Å². The molecule has 0 bridgehead atoms. The molecule has 0 aromatic heterocycles. The minimum atomic E-state index is 0.0685. The zero-order valence-electron chi connectivity index (χ0n) is 14.7. The Morgan fingerprint density at radius 3 is 2.62 bits per heavy atom. The van der Waals surface area contributed by atoms with E-state index in [0.717, 1.165) is 35.1 Å². The van der Waals surface area contributed by atoms with Crippen LogP contribution in [0.2, 0.25) is 0 Å². The average molecular weight is 342 g/mol. The van der Waals surface area contributed by atoms with Gasteiger partial charge in [-0.25, -0.2) is 0 Å². The summed E-state index contributed by atoms with van der Waals surface area (Å²) < 4.78 is 0. The molecule has 2 nitrogen and oxygen atoms in total. The number of carbonyl (C=O) groups is 2. The zero-order chi connectivity index (χ0) is 18.2. The molecule has 3 rings (SSSR count). The normalized spacial score (nSPS) is 13.6. The van der Waals surface area contributed by atoms with Crippen LogP contribution in [0.25, 0.3) is 6.08 Å². The summed E-state index contributed by atoms with van der Waals surface area (Å²) in [6, 6.07) is 17.4. The number of benzene rings is 2. The van der Waals surface area contributed by atoms with E-state index in [-0.39, 0.29) is 11.6 Å². The molecule has 0 fully saturated rings. The second-order valence-corrected chi connectivity index (χ2v) is 6.39. The van der Waals surface area contributed by atoms with E-state index >= 15 is 0 Å². The molecule has 0 saturated carbocycles. The van der Waals surface area contributed by atoms with E-state index in [9.17, 15) is 9.59 Å². The quantitative estimate of drug-likeness (QED) is 0.501. The molecule has 2 heteroatoms. The number of hydrogen-bond acceptors (Lipinski definition) is 2. The van der Waals surface area contributed by atoms with Gasteiger partial charge >= 0.3 is 0 Å². The van der Waals surface area contributed by atoms with E-state index < -0.39 is 0 Å². The van der Waals surface area contributed by atoms with Crippen molar-refractivity contribution in [3.8, 4) is 0 Å². The first-order chi connectivity index (χ1) is 12.7. The summed E-state index contributed by atoms with van der Waals surface area (Å²) in [6.07, 6.45) is 12.3. The van der Waals surface area contributed by atoms with E-state index in [1.165, 1.54) is 0 Å². The molecule has 0 unspecified atom stereocenters. The fraction of sp³-hybridized carbons (Fsp3) is 0.167. The van der Waals surface area contributed by atoms with Crippen molar-refractivity contribution in [2.75, 3.05) is 0 Å². The van der Waals surface area contributed by atoms with Crippen LogP contribution in [0.4, 0.5) is 0 Å². The van der Waals surface area contributed by atoms with Crippen molar-refractivity contribution >= 4 is 17.6 Å². The minimum absolute atomic E-state index is 0.0685. The van der Waals surface area contributed by atoms with Gasteiger partial charge in [-0.05, 0) is 42.0 Å².